The van der Waals surface area contributed by atoms with Gasteiger partial charge in [-0.05, 0) is 12.1 Å². The Kier molecular flexibility index (Phi) is 7.54. The first-order valence-electron chi connectivity index (χ1n) is 6.43. The molecule has 0 atom stereocenters. The Bertz CT molecular complexity index is 432. The van der Waals surface area contributed by atoms with Crippen molar-refractivity contribution in [3.05, 3.63) is 23.8 Å². The summed E-state index contributed by atoms with van der Waals surface area (Å²) in [6.07, 6.45) is 4.01. The molecule has 5 heteroatoms. The van der Waals surface area contributed by atoms with Gasteiger partial charge in [0, 0.05) is 25.8 Å². The molecule has 1 rings (SSSR count). The van der Waals surface area contributed by atoms with E-state index < -0.39 is 0 Å². The highest BCUT2D eigenvalue weighted by molar-refractivity contribution is 5.66. The van der Waals surface area contributed by atoms with E-state index in [-0.39, 0.29) is 0 Å². The molecule has 0 spiro atoms. The van der Waals surface area contributed by atoms with Gasteiger partial charge in [-0.3, -0.25) is 0 Å². The van der Waals surface area contributed by atoms with Gasteiger partial charge in [-0.1, -0.05) is 12.2 Å². The van der Waals surface area contributed by atoms with Crippen molar-refractivity contribution in [2.45, 2.75) is 0 Å². The van der Waals surface area contributed by atoms with Crippen molar-refractivity contribution >= 4 is 6.08 Å². The predicted molar refractivity (Wildman–Crippen MR) is 79.9 cm³/mol. The number of ether oxygens (including phenoxy) is 4. The average molecular weight is 281 g/mol. The highest BCUT2D eigenvalue weighted by atomic mass is 16.5. The molecule has 0 aliphatic rings. The molecule has 1 N–H and O–H groups in total. The minimum Gasteiger partial charge on any atom is -0.493 e. The Morgan fingerprint density at radius 2 is 1.75 bits per heavy atom. The maximum atomic E-state index is 5.41. The number of methoxy groups -OCH3 is 4. The van der Waals surface area contributed by atoms with Crippen LogP contribution in [0, 0.1) is 0 Å². The molecule has 0 saturated carbocycles. The van der Waals surface area contributed by atoms with Gasteiger partial charge in [0.25, 0.3) is 0 Å². The lowest BCUT2D eigenvalue weighted by Gasteiger charge is -2.14. The van der Waals surface area contributed by atoms with Gasteiger partial charge in [0.05, 0.1) is 27.9 Å². The van der Waals surface area contributed by atoms with Crippen LogP contribution >= 0.6 is 0 Å². The molecule has 112 valence electrons. The van der Waals surface area contributed by atoms with Gasteiger partial charge in [0.2, 0.25) is 5.75 Å². The van der Waals surface area contributed by atoms with E-state index in [4.69, 9.17) is 18.9 Å². The molecule has 0 radical (unpaired) electrons. The lowest BCUT2D eigenvalue weighted by Crippen LogP contribution is -2.18. The van der Waals surface area contributed by atoms with Gasteiger partial charge in [0.1, 0.15) is 0 Å². The van der Waals surface area contributed by atoms with Gasteiger partial charge >= 0.3 is 0 Å². The molecule has 0 fully saturated rings. The van der Waals surface area contributed by atoms with Crippen LogP contribution in [0.3, 0.4) is 0 Å². The third-order valence-electron chi connectivity index (χ3n) is 2.78. The maximum Gasteiger partial charge on any atom is 0.203 e. The van der Waals surface area contributed by atoms with E-state index in [0.29, 0.717) is 23.9 Å². The van der Waals surface area contributed by atoms with E-state index in [1.807, 2.05) is 24.3 Å². The fourth-order valence-electron chi connectivity index (χ4n) is 1.80. The maximum absolute atomic E-state index is 5.41. The molecule has 0 aromatic heterocycles. The summed E-state index contributed by atoms with van der Waals surface area (Å²) in [4.78, 5) is 0. The molecule has 0 aliphatic heterocycles. The second kappa shape index (κ2) is 9.23. The third-order valence-corrected chi connectivity index (χ3v) is 2.78. The van der Waals surface area contributed by atoms with Crippen molar-refractivity contribution in [2.75, 3.05) is 48.1 Å². The summed E-state index contributed by atoms with van der Waals surface area (Å²) in [5.74, 6) is 1.92. The van der Waals surface area contributed by atoms with Gasteiger partial charge in [0.15, 0.2) is 11.5 Å². The summed E-state index contributed by atoms with van der Waals surface area (Å²) in [6.45, 7) is 2.29. The van der Waals surface area contributed by atoms with Crippen LogP contribution in [0.15, 0.2) is 18.2 Å². The van der Waals surface area contributed by atoms with Crippen molar-refractivity contribution in [3.63, 3.8) is 0 Å². The van der Waals surface area contributed by atoms with Crippen molar-refractivity contribution in [1.29, 1.82) is 0 Å². The van der Waals surface area contributed by atoms with Crippen LogP contribution in [-0.4, -0.2) is 48.1 Å². The van der Waals surface area contributed by atoms with E-state index >= 15 is 0 Å². The fraction of sp³-hybridized carbons (Fsp3) is 0.467. The first-order valence-corrected chi connectivity index (χ1v) is 6.43. The molecule has 1 aromatic rings. The number of rotatable bonds is 9. The molecule has 0 amide bonds. The van der Waals surface area contributed by atoms with Crippen molar-refractivity contribution < 1.29 is 18.9 Å². The second-order valence-corrected chi connectivity index (χ2v) is 4.02. The van der Waals surface area contributed by atoms with Crippen LogP contribution in [0.2, 0.25) is 0 Å². The van der Waals surface area contributed by atoms with E-state index in [1.165, 1.54) is 0 Å². The van der Waals surface area contributed by atoms with Gasteiger partial charge in [-0.15, -0.1) is 0 Å². The molecular formula is C15H23NO4. The predicted octanol–water partition coefficient (Wildman–Crippen LogP) is 1.96. The average Bonchev–Trinajstić information content (AvgIpc) is 2.49. The molecule has 0 aliphatic carbocycles. The largest absolute Gasteiger partial charge is 0.493 e. The minimum atomic E-state index is 0.601. The van der Waals surface area contributed by atoms with Crippen LogP contribution in [0.4, 0.5) is 0 Å². The highest BCUT2D eigenvalue weighted by Gasteiger charge is 2.13. The number of benzene rings is 1. The summed E-state index contributed by atoms with van der Waals surface area (Å²) in [6, 6.07) is 3.80. The zero-order chi connectivity index (χ0) is 14.8. The summed E-state index contributed by atoms with van der Waals surface area (Å²) in [5, 5.41) is 3.24. The lowest BCUT2D eigenvalue weighted by molar-refractivity contribution is 0.200. The van der Waals surface area contributed by atoms with Crippen LogP contribution in [0.1, 0.15) is 5.56 Å². The number of hydrogen-bond acceptors (Lipinski definition) is 5. The number of nitrogens with one attached hydrogen (secondary N) is 1. The molecule has 0 heterocycles. The zero-order valence-corrected chi connectivity index (χ0v) is 12.6. The van der Waals surface area contributed by atoms with Crippen LogP contribution in [0.25, 0.3) is 6.08 Å². The van der Waals surface area contributed by atoms with E-state index in [0.717, 1.165) is 18.7 Å². The smallest absolute Gasteiger partial charge is 0.203 e. The Morgan fingerprint density at radius 3 is 2.35 bits per heavy atom. The van der Waals surface area contributed by atoms with Crippen LogP contribution < -0.4 is 19.5 Å². The molecule has 0 unspecified atom stereocenters. The first-order chi connectivity index (χ1) is 9.78. The van der Waals surface area contributed by atoms with Crippen molar-refractivity contribution in [3.8, 4) is 17.2 Å². The van der Waals surface area contributed by atoms with Crippen LogP contribution in [-0.2, 0) is 4.74 Å². The monoisotopic (exact) mass is 281 g/mol. The topological polar surface area (TPSA) is 49.0 Å². The van der Waals surface area contributed by atoms with Gasteiger partial charge in [-0.25, -0.2) is 0 Å². The van der Waals surface area contributed by atoms with E-state index in [1.54, 1.807) is 28.4 Å². The Balaban J connectivity index is 2.77. The van der Waals surface area contributed by atoms with E-state index in [2.05, 4.69) is 5.32 Å². The molecule has 20 heavy (non-hydrogen) atoms. The van der Waals surface area contributed by atoms with Crippen LogP contribution in [0.5, 0.6) is 17.2 Å². The quantitative estimate of drug-likeness (QED) is 0.701. The molecule has 0 saturated heterocycles. The molecule has 0 bridgehead atoms. The Hall–Kier alpha value is -1.72. The number of hydrogen-bond donors (Lipinski definition) is 1. The Morgan fingerprint density at radius 1 is 1.00 bits per heavy atom. The molecule has 1 aromatic carbocycles. The summed E-state index contributed by atoms with van der Waals surface area (Å²) >= 11 is 0. The molecular weight excluding hydrogens is 258 g/mol. The van der Waals surface area contributed by atoms with E-state index in [9.17, 15) is 0 Å². The first kappa shape index (κ1) is 16.3. The third kappa shape index (κ3) is 4.43. The SMILES string of the molecule is COCCNCC=Cc1ccc(OC)c(OC)c1OC. The van der Waals surface area contributed by atoms with Crippen molar-refractivity contribution in [2.24, 2.45) is 0 Å². The summed E-state index contributed by atoms with van der Waals surface area (Å²) < 4.78 is 21.0. The molecule has 5 nitrogen and oxygen atoms in total. The zero-order valence-electron chi connectivity index (χ0n) is 12.6. The minimum absolute atomic E-state index is 0.601. The van der Waals surface area contributed by atoms with Crippen molar-refractivity contribution in [1.82, 2.24) is 5.32 Å². The standard InChI is InChI=1S/C15H23NO4/c1-17-11-10-16-9-5-6-12-7-8-13(18-2)15(20-4)14(12)19-3/h5-8,16H,9-11H2,1-4H3. The highest BCUT2D eigenvalue weighted by Crippen LogP contribution is 2.40. The Labute approximate surface area is 120 Å². The summed E-state index contributed by atoms with van der Waals surface area (Å²) in [5.41, 5.74) is 0.943. The lowest BCUT2D eigenvalue weighted by atomic mass is 10.1. The summed E-state index contributed by atoms with van der Waals surface area (Å²) in [7, 11) is 6.50. The normalized spacial score (nSPS) is 10.8. The fourth-order valence-corrected chi connectivity index (χ4v) is 1.80. The second-order valence-electron chi connectivity index (χ2n) is 4.02. The van der Waals surface area contributed by atoms with Gasteiger partial charge < -0.3 is 24.3 Å². The van der Waals surface area contributed by atoms with Gasteiger partial charge in [-0.2, -0.15) is 0 Å².